The van der Waals surface area contributed by atoms with Crippen molar-refractivity contribution in [2.75, 3.05) is 0 Å². The van der Waals surface area contributed by atoms with Crippen LogP contribution >= 0.6 is 11.8 Å². The minimum Gasteiger partial charge on any atom is -0.477 e. The number of thioether (sulfide) groups is 1. The first kappa shape index (κ1) is 28.8. The second kappa shape index (κ2) is 14.1. The van der Waals surface area contributed by atoms with Gasteiger partial charge in [0.05, 0.1) is 23.2 Å². The van der Waals surface area contributed by atoms with E-state index in [1.165, 1.54) is 29.8 Å². The van der Waals surface area contributed by atoms with Crippen molar-refractivity contribution >= 4 is 28.5 Å². The number of nitrogens with zero attached hydrogens (tertiary/aromatic N) is 1. The maximum atomic E-state index is 11.9. The van der Waals surface area contributed by atoms with Gasteiger partial charge in [0.2, 0.25) is 5.91 Å². The van der Waals surface area contributed by atoms with Gasteiger partial charge in [0, 0.05) is 0 Å². The molecule has 1 amide bonds. The molecular formula is C22H21FeNNaO5S+3. The molecule has 2 N–H and O–H groups in total. The number of rotatable bonds is 3. The van der Waals surface area contributed by atoms with Crippen LogP contribution < -0.4 is 29.6 Å². The van der Waals surface area contributed by atoms with Crippen LogP contribution in [-0.2, 0) is 26.7 Å². The molecule has 6 nitrogen and oxygen atoms in total. The zero-order chi connectivity index (χ0) is 20.8. The van der Waals surface area contributed by atoms with Crippen LogP contribution in [0.1, 0.15) is 12.7 Å². The summed E-state index contributed by atoms with van der Waals surface area (Å²) in [7, 11) is 0. The largest absolute Gasteiger partial charge is 2.00 e. The van der Waals surface area contributed by atoms with E-state index >= 15 is 0 Å². The van der Waals surface area contributed by atoms with Gasteiger partial charge in [0.15, 0.2) is 0 Å². The van der Waals surface area contributed by atoms with Gasteiger partial charge in [-0.15, -0.1) is 0 Å². The van der Waals surface area contributed by atoms with Gasteiger partial charge < -0.3 is 14.6 Å². The van der Waals surface area contributed by atoms with Gasteiger partial charge in [-0.25, -0.2) is 4.79 Å². The third-order valence-electron chi connectivity index (χ3n) is 4.36. The molecule has 0 spiro atoms. The van der Waals surface area contributed by atoms with Crippen LogP contribution in [0.15, 0.2) is 28.5 Å². The number of carboxylic acid groups (broad SMARTS) is 1. The van der Waals surface area contributed by atoms with E-state index in [1.807, 2.05) is 64.2 Å². The van der Waals surface area contributed by atoms with Crippen molar-refractivity contribution < 1.29 is 70.8 Å². The Morgan fingerprint density at radius 1 is 1.06 bits per heavy atom. The van der Waals surface area contributed by atoms with E-state index in [1.54, 1.807) is 12.1 Å². The van der Waals surface area contributed by atoms with Crippen LogP contribution in [0.4, 0.5) is 0 Å². The molecule has 4 aliphatic rings. The summed E-state index contributed by atoms with van der Waals surface area (Å²) in [6.07, 6.45) is 20.7. The zero-order valence-electron chi connectivity index (χ0n) is 17.1. The number of aliphatic hydroxyl groups is 1. The van der Waals surface area contributed by atoms with E-state index < -0.39 is 18.0 Å². The Kier molecular flexibility index (Phi) is 13.1. The number of furan rings is 1. The maximum absolute atomic E-state index is 11.9. The van der Waals surface area contributed by atoms with E-state index in [0.29, 0.717) is 10.7 Å². The molecule has 0 bridgehead atoms. The number of carboxylic acids is 1. The van der Waals surface area contributed by atoms with Crippen LogP contribution in [0.3, 0.4) is 0 Å². The molecule has 2 aliphatic heterocycles. The van der Waals surface area contributed by atoms with Gasteiger partial charge in [-0.2, -0.15) is 0 Å². The molecular weight excluding hydrogens is 469 g/mol. The molecule has 1 aromatic heterocycles. The van der Waals surface area contributed by atoms with Gasteiger partial charge in [-0.1, -0.05) is 11.8 Å². The standard InChI is InChI=1S/C12H11NO5S.2C5H5.Fe.Na/c1-5(14)7-10(15)13-8(12(16)17)9(19-11(7)13)6-3-2-4-18-6;2*1-2-4-5-3-1;;/h2-5,7,11,14H,1H3,(H,16,17);2*1-5H;;/q;;;+2;+1/t5-,7+,11-;;;;/m1..../s1. The summed E-state index contributed by atoms with van der Waals surface area (Å²) in [6, 6.07) is 3.31. The molecule has 3 atom stereocenters. The first-order valence-corrected chi connectivity index (χ1v) is 9.93. The van der Waals surface area contributed by atoms with Gasteiger partial charge in [0.1, 0.15) is 16.8 Å². The Balaban J connectivity index is 0.000000331. The van der Waals surface area contributed by atoms with E-state index in [9.17, 15) is 19.8 Å². The third kappa shape index (κ3) is 7.13. The Hall–Kier alpha value is -0.211. The zero-order valence-corrected chi connectivity index (χ0v) is 21.0. The summed E-state index contributed by atoms with van der Waals surface area (Å²) in [6.45, 7) is 1.53. The number of hydrogen-bond acceptors (Lipinski definition) is 5. The molecule has 0 aromatic carbocycles. The van der Waals surface area contributed by atoms with E-state index in [-0.39, 0.29) is 63.6 Å². The van der Waals surface area contributed by atoms with Crippen LogP contribution in [0.5, 0.6) is 0 Å². The Morgan fingerprint density at radius 3 is 1.90 bits per heavy atom. The van der Waals surface area contributed by atoms with Crippen LogP contribution in [0, 0.1) is 70.1 Å². The first-order valence-electron chi connectivity index (χ1n) is 9.05. The minimum atomic E-state index is -1.17. The molecule has 2 saturated carbocycles. The monoisotopic (exact) mass is 490 g/mol. The number of aliphatic carboxylic acids is 1. The molecule has 3 fully saturated rings. The second-order valence-corrected chi connectivity index (χ2v) is 7.49. The Morgan fingerprint density at radius 2 is 1.55 bits per heavy atom. The Bertz CT molecular complexity index is 707. The quantitative estimate of drug-likeness (QED) is 0.458. The molecule has 9 heteroatoms. The van der Waals surface area contributed by atoms with Crippen LogP contribution in [0.25, 0.3) is 4.91 Å². The molecule has 3 heterocycles. The van der Waals surface area contributed by atoms with Crippen LogP contribution in [0.2, 0.25) is 0 Å². The fourth-order valence-electron chi connectivity index (χ4n) is 3.00. The van der Waals surface area contributed by atoms with Gasteiger partial charge in [-0.3, -0.25) is 9.69 Å². The van der Waals surface area contributed by atoms with Crippen LogP contribution in [-0.4, -0.2) is 38.5 Å². The van der Waals surface area contributed by atoms with Crippen molar-refractivity contribution in [3.8, 4) is 0 Å². The molecule has 5 rings (SSSR count). The van der Waals surface area contributed by atoms with Crippen molar-refractivity contribution in [2.24, 2.45) is 5.92 Å². The smallest absolute Gasteiger partial charge is 0.477 e. The fourth-order valence-corrected chi connectivity index (χ4v) is 4.58. The number of carbonyl (C=O) groups is 2. The third-order valence-corrected chi connectivity index (χ3v) is 5.73. The number of β-lactam (4-membered cyclic amide) rings is 1. The van der Waals surface area contributed by atoms with E-state index in [2.05, 4.69) is 0 Å². The Labute approximate surface area is 221 Å². The minimum absolute atomic E-state index is 0. The normalized spacial score (nSPS) is 24.5. The molecule has 10 radical (unpaired) electrons. The summed E-state index contributed by atoms with van der Waals surface area (Å²) in [4.78, 5) is 24.9. The van der Waals surface area contributed by atoms with Crippen molar-refractivity contribution in [3.05, 3.63) is 94.1 Å². The predicted molar refractivity (Wildman–Crippen MR) is 110 cm³/mol. The fraction of sp³-hybridized carbons (Fsp3) is 0.182. The van der Waals surface area contributed by atoms with Gasteiger partial charge >= 0.3 is 52.6 Å². The van der Waals surface area contributed by atoms with E-state index in [4.69, 9.17) is 4.42 Å². The number of fused-ring (bicyclic) bond motifs is 1. The molecule has 2 aliphatic carbocycles. The summed E-state index contributed by atoms with van der Waals surface area (Å²) in [5.74, 6) is -1.66. The molecule has 1 saturated heterocycles. The second-order valence-electron chi connectivity index (χ2n) is 6.37. The van der Waals surface area contributed by atoms with Crippen molar-refractivity contribution in [3.63, 3.8) is 0 Å². The summed E-state index contributed by atoms with van der Waals surface area (Å²) in [5.41, 5.74) is -0.0631. The molecule has 156 valence electrons. The average molecular weight is 490 g/mol. The number of carbonyl (C=O) groups excluding carboxylic acids is 1. The number of aliphatic hydroxyl groups excluding tert-OH is 1. The average Bonchev–Trinajstić information content (AvgIpc) is 3.51. The number of hydrogen-bond donors (Lipinski definition) is 2. The summed E-state index contributed by atoms with van der Waals surface area (Å²) in [5, 5.41) is 18.5. The molecule has 31 heavy (non-hydrogen) atoms. The SMILES string of the molecule is C[C@@H](O)[C@H]1C(=O)N2C(C(=O)O)=C(c3ccco3)S[C@H]12.[CH]1[CH][CH][CH][CH]1.[CH]1[CH][CH][CH][CH]1.[Fe+2].[Na+]. The van der Waals surface area contributed by atoms with Crippen molar-refractivity contribution in [1.82, 2.24) is 4.90 Å². The molecule has 1 aromatic rings. The summed E-state index contributed by atoms with van der Waals surface area (Å²) >= 11 is 1.24. The number of amides is 1. The van der Waals surface area contributed by atoms with Gasteiger partial charge in [0.25, 0.3) is 0 Å². The van der Waals surface area contributed by atoms with Gasteiger partial charge in [-0.05, 0) is 83.3 Å². The van der Waals surface area contributed by atoms with Crippen molar-refractivity contribution in [2.45, 2.75) is 18.4 Å². The van der Waals surface area contributed by atoms with E-state index in [0.717, 1.165) is 0 Å². The van der Waals surface area contributed by atoms with Crippen molar-refractivity contribution in [1.29, 1.82) is 0 Å². The summed E-state index contributed by atoms with van der Waals surface area (Å²) < 4.78 is 5.21. The maximum Gasteiger partial charge on any atom is 2.00 e. The topological polar surface area (TPSA) is 91.0 Å². The predicted octanol–water partition coefficient (Wildman–Crippen LogP) is -0.0107. The molecule has 0 unspecified atom stereocenters. The first-order chi connectivity index (χ1) is 14.0.